The van der Waals surface area contributed by atoms with Crippen molar-refractivity contribution in [2.24, 2.45) is 5.92 Å². The number of ether oxygens (including phenoxy) is 2. The zero-order valence-electron chi connectivity index (χ0n) is 11.7. The number of hydrogen-bond donors (Lipinski definition) is 1. The quantitative estimate of drug-likeness (QED) is 0.845. The Labute approximate surface area is 113 Å². The van der Waals surface area contributed by atoms with Crippen molar-refractivity contribution in [2.75, 3.05) is 51.2 Å². The van der Waals surface area contributed by atoms with E-state index in [-0.39, 0.29) is 0 Å². The standard InChI is InChI=1S/C12H21N5O2/c1-13-10-14-11(16-12(15-10)19-3)17-6-4-5-9(7-17)8-18-2/h9H,4-8H2,1-3H3,(H,13,14,15,16). The van der Waals surface area contributed by atoms with E-state index >= 15 is 0 Å². The van der Waals surface area contributed by atoms with Crippen LogP contribution < -0.4 is 15.0 Å². The van der Waals surface area contributed by atoms with Crippen LogP contribution >= 0.6 is 0 Å². The number of rotatable bonds is 5. The second-order valence-electron chi connectivity index (χ2n) is 4.61. The predicted molar refractivity (Wildman–Crippen MR) is 72.7 cm³/mol. The van der Waals surface area contributed by atoms with Gasteiger partial charge in [-0.05, 0) is 18.8 Å². The molecule has 1 fully saturated rings. The minimum atomic E-state index is 0.336. The minimum Gasteiger partial charge on any atom is -0.467 e. The first-order valence-corrected chi connectivity index (χ1v) is 6.48. The smallest absolute Gasteiger partial charge is 0.322 e. The summed E-state index contributed by atoms with van der Waals surface area (Å²) in [5, 5.41) is 2.92. The minimum absolute atomic E-state index is 0.336. The molecule has 0 saturated carbocycles. The highest BCUT2D eigenvalue weighted by atomic mass is 16.5. The topological polar surface area (TPSA) is 72.4 Å². The average Bonchev–Trinajstić information content (AvgIpc) is 2.47. The Hall–Kier alpha value is -1.63. The van der Waals surface area contributed by atoms with Crippen LogP contribution in [0.1, 0.15) is 12.8 Å². The molecule has 1 aromatic heterocycles. The monoisotopic (exact) mass is 267 g/mol. The molecule has 7 heteroatoms. The Kier molecular flexibility index (Phi) is 4.73. The molecule has 1 aromatic rings. The molecule has 2 rings (SSSR count). The van der Waals surface area contributed by atoms with Crippen molar-refractivity contribution in [3.63, 3.8) is 0 Å². The van der Waals surface area contributed by atoms with E-state index in [1.807, 2.05) is 0 Å². The number of methoxy groups -OCH3 is 2. The summed E-state index contributed by atoms with van der Waals surface area (Å²) >= 11 is 0. The van der Waals surface area contributed by atoms with E-state index in [0.717, 1.165) is 26.1 Å². The van der Waals surface area contributed by atoms with E-state index in [1.165, 1.54) is 6.42 Å². The van der Waals surface area contributed by atoms with E-state index < -0.39 is 0 Å². The molecule has 19 heavy (non-hydrogen) atoms. The average molecular weight is 267 g/mol. The van der Waals surface area contributed by atoms with Crippen molar-refractivity contribution >= 4 is 11.9 Å². The highest BCUT2D eigenvalue weighted by Crippen LogP contribution is 2.22. The maximum atomic E-state index is 5.24. The van der Waals surface area contributed by atoms with Gasteiger partial charge in [0.15, 0.2) is 0 Å². The molecule has 0 amide bonds. The molecule has 1 saturated heterocycles. The second-order valence-corrected chi connectivity index (χ2v) is 4.61. The fourth-order valence-corrected chi connectivity index (χ4v) is 2.31. The van der Waals surface area contributed by atoms with Gasteiger partial charge in [0.1, 0.15) is 0 Å². The van der Waals surface area contributed by atoms with Crippen molar-refractivity contribution < 1.29 is 9.47 Å². The summed E-state index contributed by atoms with van der Waals surface area (Å²) in [5.74, 6) is 1.72. The lowest BCUT2D eigenvalue weighted by atomic mass is 9.99. The van der Waals surface area contributed by atoms with Gasteiger partial charge >= 0.3 is 6.01 Å². The number of aromatic nitrogens is 3. The molecule has 0 spiro atoms. The largest absolute Gasteiger partial charge is 0.467 e. The molecule has 1 aliphatic heterocycles. The summed E-state index contributed by atoms with van der Waals surface area (Å²) in [6.07, 6.45) is 2.31. The zero-order valence-corrected chi connectivity index (χ0v) is 11.7. The molecule has 1 N–H and O–H groups in total. The normalized spacial score (nSPS) is 19.3. The van der Waals surface area contributed by atoms with Crippen LogP contribution in [0.3, 0.4) is 0 Å². The maximum Gasteiger partial charge on any atom is 0.322 e. The van der Waals surface area contributed by atoms with E-state index in [2.05, 4.69) is 25.2 Å². The predicted octanol–water partition coefficient (Wildman–Crippen LogP) is 0.785. The van der Waals surface area contributed by atoms with Gasteiger partial charge in [0.25, 0.3) is 0 Å². The van der Waals surface area contributed by atoms with Gasteiger partial charge in [0.2, 0.25) is 11.9 Å². The molecule has 0 aromatic carbocycles. The highest BCUT2D eigenvalue weighted by Gasteiger charge is 2.22. The Bertz CT molecular complexity index is 391. The molecular weight excluding hydrogens is 246 g/mol. The van der Waals surface area contributed by atoms with Crippen LogP contribution in [-0.2, 0) is 4.74 Å². The summed E-state index contributed by atoms with van der Waals surface area (Å²) in [5.41, 5.74) is 0. The van der Waals surface area contributed by atoms with Crippen LogP contribution in [0.2, 0.25) is 0 Å². The third kappa shape index (κ3) is 3.44. The molecule has 7 nitrogen and oxygen atoms in total. The summed E-state index contributed by atoms with van der Waals surface area (Å²) in [4.78, 5) is 15.0. The Morgan fingerprint density at radius 3 is 2.84 bits per heavy atom. The molecule has 0 bridgehead atoms. The van der Waals surface area contributed by atoms with Crippen molar-refractivity contribution in [1.29, 1.82) is 0 Å². The first-order chi connectivity index (χ1) is 9.26. The third-order valence-corrected chi connectivity index (χ3v) is 3.21. The van der Waals surface area contributed by atoms with Gasteiger partial charge in [0, 0.05) is 27.2 Å². The van der Waals surface area contributed by atoms with Gasteiger partial charge in [-0.15, -0.1) is 0 Å². The zero-order chi connectivity index (χ0) is 13.7. The molecule has 106 valence electrons. The maximum absolute atomic E-state index is 5.24. The van der Waals surface area contributed by atoms with Gasteiger partial charge in [-0.25, -0.2) is 0 Å². The summed E-state index contributed by atoms with van der Waals surface area (Å²) in [6, 6.07) is 0.336. The first kappa shape index (κ1) is 13.8. The Morgan fingerprint density at radius 2 is 2.16 bits per heavy atom. The van der Waals surface area contributed by atoms with Gasteiger partial charge < -0.3 is 19.7 Å². The lowest BCUT2D eigenvalue weighted by molar-refractivity contribution is 0.143. The Balaban J connectivity index is 2.15. The SMILES string of the molecule is CNc1nc(OC)nc(N2CCCC(COC)C2)n1. The van der Waals surface area contributed by atoms with Gasteiger partial charge in [-0.3, -0.25) is 0 Å². The van der Waals surface area contributed by atoms with Crippen LogP contribution in [0, 0.1) is 5.92 Å². The van der Waals surface area contributed by atoms with Crippen LogP contribution in [0.25, 0.3) is 0 Å². The summed E-state index contributed by atoms with van der Waals surface area (Å²) < 4.78 is 10.3. The first-order valence-electron chi connectivity index (χ1n) is 6.48. The molecule has 2 heterocycles. The van der Waals surface area contributed by atoms with Crippen LogP contribution in [0.4, 0.5) is 11.9 Å². The number of nitrogens with one attached hydrogen (secondary N) is 1. The number of piperidine rings is 1. The molecule has 1 unspecified atom stereocenters. The van der Waals surface area contributed by atoms with E-state index in [9.17, 15) is 0 Å². The van der Waals surface area contributed by atoms with E-state index in [4.69, 9.17) is 9.47 Å². The van der Waals surface area contributed by atoms with Gasteiger partial charge in [-0.1, -0.05) is 0 Å². The van der Waals surface area contributed by atoms with Crippen molar-refractivity contribution in [2.45, 2.75) is 12.8 Å². The summed E-state index contributed by atoms with van der Waals surface area (Å²) in [7, 11) is 5.08. The molecular formula is C12H21N5O2. The molecule has 0 radical (unpaired) electrons. The van der Waals surface area contributed by atoms with Gasteiger partial charge in [-0.2, -0.15) is 15.0 Å². The number of nitrogens with zero attached hydrogens (tertiary/aromatic N) is 4. The lowest BCUT2D eigenvalue weighted by Gasteiger charge is -2.32. The van der Waals surface area contributed by atoms with Crippen LogP contribution in [-0.4, -0.2) is 55.9 Å². The Morgan fingerprint density at radius 1 is 1.32 bits per heavy atom. The van der Waals surface area contributed by atoms with E-state index in [0.29, 0.717) is 23.8 Å². The fourth-order valence-electron chi connectivity index (χ4n) is 2.31. The highest BCUT2D eigenvalue weighted by molar-refractivity contribution is 5.38. The fraction of sp³-hybridized carbons (Fsp3) is 0.750. The second kappa shape index (κ2) is 6.51. The van der Waals surface area contributed by atoms with Crippen LogP contribution in [0.15, 0.2) is 0 Å². The molecule has 0 aliphatic carbocycles. The van der Waals surface area contributed by atoms with Gasteiger partial charge in [0.05, 0.1) is 13.7 Å². The number of anilines is 2. The number of hydrogen-bond acceptors (Lipinski definition) is 7. The van der Waals surface area contributed by atoms with Crippen LogP contribution in [0.5, 0.6) is 6.01 Å². The van der Waals surface area contributed by atoms with Crippen molar-refractivity contribution in [3.05, 3.63) is 0 Å². The van der Waals surface area contributed by atoms with Crippen molar-refractivity contribution in [3.8, 4) is 6.01 Å². The lowest BCUT2D eigenvalue weighted by Crippen LogP contribution is -2.38. The molecule has 1 atom stereocenters. The summed E-state index contributed by atoms with van der Waals surface area (Å²) in [6.45, 7) is 2.64. The van der Waals surface area contributed by atoms with E-state index in [1.54, 1.807) is 21.3 Å². The third-order valence-electron chi connectivity index (χ3n) is 3.21. The van der Waals surface area contributed by atoms with Crippen molar-refractivity contribution in [1.82, 2.24) is 15.0 Å². The molecule has 1 aliphatic rings.